The van der Waals surface area contributed by atoms with Gasteiger partial charge in [-0.15, -0.1) is 0 Å². The Morgan fingerprint density at radius 1 is 1.12 bits per heavy atom. The minimum atomic E-state index is -3.36. The van der Waals surface area contributed by atoms with Crippen molar-refractivity contribution >= 4 is 53.5 Å². The van der Waals surface area contributed by atoms with E-state index >= 15 is 0 Å². The fraction of sp³-hybridized carbons (Fsp3) is 0.235. The molecule has 0 unspecified atom stereocenters. The predicted molar refractivity (Wildman–Crippen MR) is 107 cm³/mol. The maximum Gasteiger partial charge on any atom is 0.307 e. The number of carboxylic acids is 1. The lowest BCUT2D eigenvalue weighted by atomic mass is 10.1. The number of hydrogen-bond donors (Lipinski definition) is 2. The van der Waals surface area contributed by atoms with Crippen LogP contribution in [0.4, 0.5) is 5.69 Å². The molecule has 0 heterocycles. The number of hydrogen-bond acceptors (Lipinski definition) is 4. The van der Waals surface area contributed by atoms with Crippen molar-refractivity contribution in [2.75, 3.05) is 11.0 Å². The van der Waals surface area contributed by atoms with Gasteiger partial charge in [-0.05, 0) is 79.7 Å². The Hall–Kier alpha value is -1.58. The van der Waals surface area contributed by atoms with E-state index in [2.05, 4.69) is 36.6 Å². The summed E-state index contributed by atoms with van der Waals surface area (Å²) >= 11 is 6.78. The second-order valence-electron chi connectivity index (χ2n) is 5.83. The molecule has 0 aromatic heterocycles. The molecule has 2 aromatic carbocycles. The summed E-state index contributed by atoms with van der Waals surface area (Å²) in [6, 6.07) is 8.72. The van der Waals surface area contributed by atoms with Crippen molar-refractivity contribution in [2.45, 2.75) is 20.0 Å². The maximum absolute atomic E-state index is 11.4. The highest BCUT2D eigenvalue weighted by Gasteiger charge is 2.12. The SMILES string of the molecule is Cc1cc(COc2c(Br)cc(CC(=O)O)cc2Br)cc(NS(C)(=O)=O)c1. The number of carboxylic acid groups (broad SMARTS) is 1. The van der Waals surface area contributed by atoms with Crippen molar-refractivity contribution in [3.8, 4) is 5.75 Å². The van der Waals surface area contributed by atoms with E-state index in [0.717, 1.165) is 17.4 Å². The predicted octanol–water partition coefficient (Wildman–Crippen LogP) is 4.10. The minimum Gasteiger partial charge on any atom is -0.487 e. The van der Waals surface area contributed by atoms with Crippen LogP contribution in [0.1, 0.15) is 16.7 Å². The molecular formula is C17H17Br2NO5S. The first-order chi connectivity index (χ1) is 12.0. The molecule has 0 aliphatic rings. The topological polar surface area (TPSA) is 92.7 Å². The zero-order valence-electron chi connectivity index (χ0n) is 14.0. The highest BCUT2D eigenvalue weighted by molar-refractivity contribution is 9.11. The van der Waals surface area contributed by atoms with Crippen LogP contribution in [0.3, 0.4) is 0 Å². The Balaban J connectivity index is 2.20. The molecule has 0 fully saturated rings. The van der Waals surface area contributed by atoms with Gasteiger partial charge in [0, 0.05) is 5.69 Å². The fourth-order valence-electron chi connectivity index (χ4n) is 2.40. The number of carbonyl (C=O) groups is 1. The number of sulfonamides is 1. The Bertz CT molecular complexity index is 921. The minimum absolute atomic E-state index is 0.0874. The van der Waals surface area contributed by atoms with Crippen LogP contribution in [0.5, 0.6) is 5.75 Å². The van der Waals surface area contributed by atoms with Crippen LogP contribution in [0.25, 0.3) is 0 Å². The van der Waals surface area contributed by atoms with E-state index in [1.807, 2.05) is 13.0 Å². The number of aliphatic carboxylic acids is 1. The van der Waals surface area contributed by atoms with Crippen molar-refractivity contribution in [1.82, 2.24) is 0 Å². The molecular weight excluding hydrogens is 490 g/mol. The molecule has 0 spiro atoms. The van der Waals surface area contributed by atoms with E-state index in [0.29, 0.717) is 25.9 Å². The van der Waals surface area contributed by atoms with Crippen molar-refractivity contribution in [2.24, 2.45) is 0 Å². The second-order valence-corrected chi connectivity index (χ2v) is 9.29. The van der Waals surface area contributed by atoms with E-state index in [9.17, 15) is 13.2 Å². The Morgan fingerprint density at radius 3 is 2.27 bits per heavy atom. The first-order valence-corrected chi connectivity index (χ1v) is 10.9. The summed E-state index contributed by atoms with van der Waals surface area (Å²) in [7, 11) is -3.36. The zero-order chi connectivity index (χ0) is 19.5. The summed E-state index contributed by atoms with van der Waals surface area (Å²) in [6.07, 6.45) is 1.01. The van der Waals surface area contributed by atoms with Gasteiger partial charge >= 0.3 is 5.97 Å². The third-order valence-corrected chi connectivity index (χ3v) is 5.02. The Kier molecular flexibility index (Phi) is 6.70. The van der Waals surface area contributed by atoms with Crippen molar-refractivity contribution in [3.63, 3.8) is 0 Å². The summed E-state index contributed by atoms with van der Waals surface area (Å²) in [5.74, 6) is -0.374. The van der Waals surface area contributed by atoms with Gasteiger partial charge < -0.3 is 9.84 Å². The van der Waals surface area contributed by atoms with Gasteiger partial charge in [-0.2, -0.15) is 0 Å². The number of anilines is 1. The Morgan fingerprint density at radius 2 is 1.73 bits per heavy atom. The third-order valence-electron chi connectivity index (χ3n) is 3.24. The van der Waals surface area contributed by atoms with Crippen molar-refractivity contribution < 1.29 is 23.1 Å². The average Bonchev–Trinajstić information content (AvgIpc) is 2.42. The first-order valence-electron chi connectivity index (χ1n) is 7.44. The van der Waals surface area contributed by atoms with E-state index in [1.165, 1.54) is 0 Å². The van der Waals surface area contributed by atoms with Crippen LogP contribution in [-0.4, -0.2) is 25.7 Å². The first kappa shape index (κ1) is 20.7. The monoisotopic (exact) mass is 505 g/mol. The molecule has 0 aliphatic carbocycles. The maximum atomic E-state index is 11.4. The lowest BCUT2D eigenvalue weighted by Crippen LogP contribution is -2.10. The lowest BCUT2D eigenvalue weighted by molar-refractivity contribution is -0.136. The highest BCUT2D eigenvalue weighted by Crippen LogP contribution is 2.35. The van der Waals surface area contributed by atoms with Gasteiger partial charge in [0.1, 0.15) is 12.4 Å². The largest absolute Gasteiger partial charge is 0.487 e. The summed E-state index contributed by atoms with van der Waals surface area (Å²) in [5, 5.41) is 8.89. The number of nitrogens with one attached hydrogen (secondary N) is 1. The van der Waals surface area contributed by atoms with Crippen LogP contribution in [0.15, 0.2) is 39.3 Å². The number of halogens is 2. The van der Waals surface area contributed by atoms with E-state index in [4.69, 9.17) is 9.84 Å². The molecule has 0 saturated carbocycles. The molecule has 0 amide bonds. The van der Waals surface area contributed by atoms with Gasteiger partial charge in [0.2, 0.25) is 10.0 Å². The molecule has 9 heteroatoms. The van der Waals surface area contributed by atoms with Crippen LogP contribution in [-0.2, 0) is 27.8 Å². The van der Waals surface area contributed by atoms with Gasteiger partial charge in [-0.3, -0.25) is 9.52 Å². The molecule has 26 heavy (non-hydrogen) atoms. The van der Waals surface area contributed by atoms with Gasteiger partial charge in [0.25, 0.3) is 0 Å². The van der Waals surface area contributed by atoms with Gasteiger partial charge in [-0.25, -0.2) is 8.42 Å². The fourth-order valence-corrected chi connectivity index (χ4v) is 4.46. The van der Waals surface area contributed by atoms with E-state index in [-0.39, 0.29) is 13.0 Å². The van der Waals surface area contributed by atoms with Crippen LogP contribution < -0.4 is 9.46 Å². The number of rotatable bonds is 7. The zero-order valence-corrected chi connectivity index (χ0v) is 18.0. The van der Waals surface area contributed by atoms with E-state index < -0.39 is 16.0 Å². The van der Waals surface area contributed by atoms with Gasteiger partial charge in [-0.1, -0.05) is 6.07 Å². The number of benzene rings is 2. The third kappa shape index (κ3) is 6.30. The number of aryl methyl sites for hydroxylation is 1. The van der Waals surface area contributed by atoms with Crippen molar-refractivity contribution in [1.29, 1.82) is 0 Å². The van der Waals surface area contributed by atoms with Crippen molar-refractivity contribution in [3.05, 3.63) is 56.0 Å². The normalized spacial score (nSPS) is 11.2. The molecule has 2 rings (SSSR count). The van der Waals surface area contributed by atoms with Crippen LogP contribution in [0, 0.1) is 6.92 Å². The molecule has 0 radical (unpaired) electrons. The molecule has 6 nitrogen and oxygen atoms in total. The molecule has 140 valence electrons. The van der Waals surface area contributed by atoms with Crippen LogP contribution >= 0.6 is 31.9 Å². The summed E-state index contributed by atoms with van der Waals surface area (Å²) in [5.41, 5.74) is 2.80. The molecule has 0 atom stereocenters. The summed E-state index contributed by atoms with van der Waals surface area (Å²) in [4.78, 5) is 10.8. The average molecular weight is 507 g/mol. The molecule has 0 saturated heterocycles. The van der Waals surface area contributed by atoms with Gasteiger partial charge in [0.05, 0.1) is 21.6 Å². The highest BCUT2D eigenvalue weighted by atomic mass is 79.9. The molecule has 2 aromatic rings. The van der Waals surface area contributed by atoms with Crippen LogP contribution in [0.2, 0.25) is 0 Å². The Labute approximate surface area is 168 Å². The quantitative estimate of drug-likeness (QED) is 0.589. The molecule has 0 bridgehead atoms. The second kappa shape index (κ2) is 8.41. The van der Waals surface area contributed by atoms with E-state index in [1.54, 1.807) is 24.3 Å². The van der Waals surface area contributed by atoms with Gasteiger partial charge in [0.15, 0.2) is 0 Å². The number of ether oxygens (including phenoxy) is 1. The summed E-state index contributed by atoms with van der Waals surface area (Å²) in [6.45, 7) is 2.08. The summed E-state index contributed by atoms with van der Waals surface area (Å²) < 4.78 is 32.4. The molecule has 2 N–H and O–H groups in total. The smallest absolute Gasteiger partial charge is 0.307 e. The molecule has 0 aliphatic heterocycles. The lowest BCUT2D eigenvalue weighted by Gasteiger charge is -2.13. The standard InChI is InChI=1S/C17H17Br2NO5S/c1-10-3-12(5-13(4-10)20-26(2,23)24)9-25-17-14(18)6-11(7-15(17)19)8-16(21)22/h3-7,20H,8-9H2,1-2H3,(H,21,22).